The molecule has 7 heteroatoms. The number of Topliss-reactive ketones (excluding diaryl/α,β-unsaturated/α-hetero) is 1. The summed E-state index contributed by atoms with van der Waals surface area (Å²) in [6, 6.07) is 5.16. The van der Waals surface area contributed by atoms with E-state index in [1.807, 2.05) is 18.6 Å². The van der Waals surface area contributed by atoms with Gasteiger partial charge < -0.3 is 9.47 Å². The number of hydrogen-bond donors (Lipinski definition) is 0. The summed E-state index contributed by atoms with van der Waals surface area (Å²) in [7, 11) is 3.44. The number of ketones is 1. The third-order valence-electron chi connectivity index (χ3n) is 3.45. The van der Waals surface area contributed by atoms with E-state index in [2.05, 4.69) is 10.1 Å². The average Bonchev–Trinajstić information content (AvgIpc) is 3.21. The second kappa shape index (κ2) is 6.84. The summed E-state index contributed by atoms with van der Waals surface area (Å²) in [4.78, 5) is 16.3. The summed E-state index contributed by atoms with van der Waals surface area (Å²) in [5.41, 5.74) is 2.30. The predicted molar refractivity (Wildman–Crippen MR) is 91.6 cm³/mol. The van der Waals surface area contributed by atoms with Gasteiger partial charge in [0.2, 0.25) is 0 Å². The van der Waals surface area contributed by atoms with E-state index in [0.29, 0.717) is 17.1 Å². The summed E-state index contributed by atoms with van der Waals surface area (Å²) in [5.74, 6) is 1.09. The fraction of sp³-hybridized carbons (Fsp3) is 0.235. The minimum Gasteiger partial charge on any atom is -0.497 e. The van der Waals surface area contributed by atoms with E-state index in [0.717, 1.165) is 16.3 Å². The number of carbonyl (C=O) groups excluding carboxylic acids is 1. The quantitative estimate of drug-likeness (QED) is 0.642. The van der Waals surface area contributed by atoms with Crippen LogP contribution in [-0.2, 0) is 13.7 Å². The van der Waals surface area contributed by atoms with Crippen LogP contribution in [0.3, 0.4) is 0 Å². The van der Waals surface area contributed by atoms with Crippen LogP contribution in [0.4, 0.5) is 0 Å². The molecule has 0 aliphatic carbocycles. The first-order valence-electron chi connectivity index (χ1n) is 7.32. The molecule has 0 N–H and O–H groups in total. The van der Waals surface area contributed by atoms with Gasteiger partial charge >= 0.3 is 0 Å². The van der Waals surface area contributed by atoms with Gasteiger partial charge in [-0.15, -0.1) is 11.3 Å². The minimum absolute atomic E-state index is 0.0537. The molecule has 0 unspecified atom stereocenters. The maximum absolute atomic E-state index is 11.7. The molecule has 0 fully saturated rings. The molecule has 2 aromatic heterocycles. The lowest BCUT2D eigenvalue weighted by molar-refractivity contribution is 0.101. The molecule has 0 atom stereocenters. The van der Waals surface area contributed by atoms with Crippen molar-refractivity contribution in [3.05, 3.63) is 47.2 Å². The molecular weight excluding hydrogens is 326 g/mol. The monoisotopic (exact) mass is 343 g/mol. The SMILES string of the molecule is COc1ccc(C(C)=O)c(OCc2csc(-c3cnn(C)c3)n2)c1. The number of ether oxygens (including phenoxy) is 2. The van der Waals surface area contributed by atoms with E-state index < -0.39 is 0 Å². The normalized spacial score (nSPS) is 10.6. The van der Waals surface area contributed by atoms with Crippen LogP contribution < -0.4 is 9.47 Å². The van der Waals surface area contributed by atoms with E-state index in [9.17, 15) is 4.79 Å². The fourth-order valence-corrected chi connectivity index (χ4v) is 3.01. The van der Waals surface area contributed by atoms with Crippen molar-refractivity contribution < 1.29 is 14.3 Å². The summed E-state index contributed by atoms with van der Waals surface area (Å²) in [6.07, 6.45) is 3.69. The van der Waals surface area contributed by atoms with Crippen molar-refractivity contribution in [3.63, 3.8) is 0 Å². The van der Waals surface area contributed by atoms with Gasteiger partial charge in [0.05, 0.1) is 24.6 Å². The number of methoxy groups -OCH3 is 1. The largest absolute Gasteiger partial charge is 0.497 e. The van der Waals surface area contributed by atoms with Crippen molar-refractivity contribution in [2.45, 2.75) is 13.5 Å². The van der Waals surface area contributed by atoms with Crippen LogP contribution in [-0.4, -0.2) is 27.7 Å². The molecule has 2 heterocycles. The highest BCUT2D eigenvalue weighted by atomic mass is 32.1. The number of aryl methyl sites for hydroxylation is 1. The fourth-order valence-electron chi connectivity index (χ4n) is 2.23. The maximum atomic E-state index is 11.7. The Morgan fingerprint density at radius 2 is 2.21 bits per heavy atom. The van der Waals surface area contributed by atoms with Crippen LogP contribution >= 0.6 is 11.3 Å². The Hall–Kier alpha value is -2.67. The van der Waals surface area contributed by atoms with Crippen LogP contribution in [0.1, 0.15) is 23.0 Å². The van der Waals surface area contributed by atoms with E-state index in [1.54, 1.807) is 36.2 Å². The number of carbonyl (C=O) groups is 1. The van der Waals surface area contributed by atoms with Crippen LogP contribution in [0.2, 0.25) is 0 Å². The van der Waals surface area contributed by atoms with Crippen molar-refractivity contribution in [3.8, 4) is 22.1 Å². The highest BCUT2D eigenvalue weighted by Crippen LogP contribution is 2.27. The predicted octanol–water partition coefficient (Wildman–Crippen LogP) is 3.33. The molecule has 124 valence electrons. The van der Waals surface area contributed by atoms with E-state index in [1.165, 1.54) is 18.3 Å². The number of nitrogens with zero attached hydrogens (tertiary/aromatic N) is 3. The van der Waals surface area contributed by atoms with Crippen molar-refractivity contribution in [1.29, 1.82) is 0 Å². The molecule has 0 saturated carbocycles. The first-order valence-corrected chi connectivity index (χ1v) is 8.20. The topological polar surface area (TPSA) is 66.2 Å². The standard InChI is InChI=1S/C17H17N3O3S/c1-11(21)15-5-4-14(22-3)6-16(15)23-9-13-10-24-17(19-13)12-7-18-20(2)8-12/h4-8,10H,9H2,1-3H3. The zero-order valence-electron chi connectivity index (χ0n) is 13.6. The second-order valence-electron chi connectivity index (χ2n) is 5.25. The highest BCUT2D eigenvalue weighted by Gasteiger charge is 2.12. The first kappa shape index (κ1) is 16.2. The number of hydrogen-bond acceptors (Lipinski definition) is 6. The van der Waals surface area contributed by atoms with Gasteiger partial charge in [0.15, 0.2) is 5.78 Å². The van der Waals surface area contributed by atoms with Gasteiger partial charge in [-0.1, -0.05) is 0 Å². The van der Waals surface area contributed by atoms with Crippen LogP contribution in [0.25, 0.3) is 10.6 Å². The molecule has 0 aliphatic heterocycles. The van der Waals surface area contributed by atoms with Gasteiger partial charge in [-0.2, -0.15) is 5.10 Å². The molecule has 0 spiro atoms. The summed E-state index contributed by atoms with van der Waals surface area (Å²) in [6.45, 7) is 1.79. The average molecular weight is 343 g/mol. The first-order chi connectivity index (χ1) is 11.6. The Kier molecular flexibility index (Phi) is 4.61. The second-order valence-corrected chi connectivity index (χ2v) is 6.11. The van der Waals surface area contributed by atoms with Gasteiger partial charge in [-0.3, -0.25) is 9.48 Å². The molecule has 0 aliphatic rings. The van der Waals surface area contributed by atoms with Crippen LogP contribution in [0.15, 0.2) is 36.0 Å². The molecule has 24 heavy (non-hydrogen) atoms. The zero-order chi connectivity index (χ0) is 17.1. The number of benzene rings is 1. The molecule has 0 saturated heterocycles. The third kappa shape index (κ3) is 3.46. The van der Waals surface area contributed by atoms with Crippen LogP contribution in [0.5, 0.6) is 11.5 Å². The lowest BCUT2D eigenvalue weighted by Gasteiger charge is -2.10. The van der Waals surface area contributed by atoms with Crippen molar-refractivity contribution in [2.24, 2.45) is 7.05 Å². The van der Waals surface area contributed by atoms with Crippen molar-refractivity contribution in [2.75, 3.05) is 7.11 Å². The smallest absolute Gasteiger partial charge is 0.163 e. The highest BCUT2D eigenvalue weighted by molar-refractivity contribution is 7.13. The van der Waals surface area contributed by atoms with Crippen LogP contribution in [0, 0.1) is 0 Å². The Bertz CT molecular complexity index is 870. The van der Waals surface area contributed by atoms with Gasteiger partial charge in [0, 0.05) is 30.3 Å². The lowest BCUT2D eigenvalue weighted by atomic mass is 10.1. The molecule has 0 amide bonds. The minimum atomic E-state index is -0.0537. The molecule has 0 radical (unpaired) electrons. The molecular formula is C17H17N3O3S. The number of aromatic nitrogens is 3. The molecule has 1 aromatic carbocycles. The van der Waals surface area contributed by atoms with E-state index in [4.69, 9.17) is 9.47 Å². The zero-order valence-corrected chi connectivity index (χ0v) is 14.5. The maximum Gasteiger partial charge on any atom is 0.163 e. The molecule has 3 rings (SSSR count). The summed E-state index contributed by atoms with van der Waals surface area (Å²) < 4.78 is 12.7. The molecule has 0 bridgehead atoms. The number of rotatable bonds is 6. The van der Waals surface area contributed by atoms with Crippen molar-refractivity contribution in [1.82, 2.24) is 14.8 Å². The lowest BCUT2D eigenvalue weighted by Crippen LogP contribution is -2.02. The van der Waals surface area contributed by atoms with Gasteiger partial charge in [0.25, 0.3) is 0 Å². The Morgan fingerprint density at radius 1 is 1.38 bits per heavy atom. The summed E-state index contributed by atoms with van der Waals surface area (Å²) >= 11 is 1.53. The Balaban J connectivity index is 1.76. The molecule has 3 aromatic rings. The summed E-state index contributed by atoms with van der Waals surface area (Å²) in [5, 5.41) is 6.98. The third-order valence-corrected chi connectivity index (χ3v) is 4.39. The van der Waals surface area contributed by atoms with Crippen molar-refractivity contribution >= 4 is 17.1 Å². The molecule has 6 nitrogen and oxygen atoms in total. The van der Waals surface area contributed by atoms with Gasteiger partial charge in [0.1, 0.15) is 23.1 Å². The Labute approximate surface area is 143 Å². The van der Waals surface area contributed by atoms with E-state index >= 15 is 0 Å². The Morgan fingerprint density at radius 3 is 2.88 bits per heavy atom. The van der Waals surface area contributed by atoms with Gasteiger partial charge in [-0.25, -0.2) is 4.98 Å². The van der Waals surface area contributed by atoms with E-state index in [-0.39, 0.29) is 12.4 Å². The van der Waals surface area contributed by atoms with Gasteiger partial charge in [-0.05, 0) is 19.1 Å². The number of thiazole rings is 1.